The van der Waals surface area contributed by atoms with Crippen LogP contribution in [0.3, 0.4) is 0 Å². The first-order valence-corrected chi connectivity index (χ1v) is 11.1. The van der Waals surface area contributed by atoms with Crippen LogP contribution < -0.4 is 10.2 Å². The first-order valence-electron chi connectivity index (χ1n) is 11.1. The number of aromatic nitrogens is 1. The van der Waals surface area contributed by atoms with Crippen molar-refractivity contribution in [2.45, 2.75) is 20.8 Å². The lowest BCUT2D eigenvalue weighted by Gasteiger charge is -2.22. The Balaban J connectivity index is 1.70. The minimum atomic E-state index is -0.191. The number of benzene rings is 3. The number of rotatable bonds is 7. The second-order valence-corrected chi connectivity index (χ2v) is 7.71. The van der Waals surface area contributed by atoms with Gasteiger partial charge in [0, 0.05) is 29.7 Å². The standard InChI is InChI=1S/C27H27N5O/c1-4-32(5-2)21-15-16-24(25(18-21)29-27(33)20-11-7-6-8-12-20)30-31-26-17-19(3)22-13-9-10-14-23(22)28-26/h6-18H,4-5H2,1-3H3,(H,29,33). The first kappa shape index (κ1) is 22.1. The second kappa shape index (κ2) is 10.0. The van der Waals surface area contributed by atoms with Crippen LogP contribution in [-0.2, 0) is 0 Å². The lowest BCUT2D eigenvalue weighted by molar-refractivity contribution is 0.102. The van der Waals surface area contributed by atoms with Crippen molar-refractivity contribution in [3.05, 3.63) is 90.0 Å². The average molecular weight is 438 g/mol. The van der Waals surface area contributed by atoms with E-state index in [1.807, 2.05) is 73.7 Å². The Bertz CT molecular complexity index is 1300. The molecule has 1 aromatic heterocycles. The van der Waals surface area contributed by atoms with Gasteiger partial charge < -0.3 is 10.2 Å². The van der Waals surface area contributed by atoms with Gasteiger partial charge in [-0.25, -0.2) is 4.98 Å². The summed E-state index contributed by atoms with van der Waals surface area (Å²) in [6, 6.07) is 24.8. The van der Waals surface area contributed by atoms with E-state index in [0.29, 0.717) is 22.8 Å². The van der Waals surface area contributed by atoms with Crippen LogP contribution in [-0.4, -0.2) is 24.0 Å². The summed E-state index contributed by atoms with van der Waals surface area (Å²) in [7, 11) is 0. The van der Waals surface area contributed by atoms with Gasteiger partial charge in [-0.15, -0.1) is 10.2 Å². The topological polar surface area (TPSA) is 70.0 Å². The van der Waals surface area contributed by atoms with Crippen LogP contribution in [0.15, 0.2) is 89.1 Å². The third kappa shape index (κ3) is 5.06. The maximum Gasteiger partial charge on any atom is 0.255 e. The van der Waals surface area contributed by atoms with E-state index in [4.69, 9.17) is 0 Å². The van der Waals surface area contributed by atoms with Gasteiger partial charge in [-0.1, -0.05) is 36.4 Å². The highest BCUT2D eigenvalue weighted by atomic mass is 16.1. The summed E-state index contributed by atoms with van der Waals surface area (Å²) in [6.45, 7) is 7.97. The first-order chi connectivity index (χ1) is 16.1. The number of aryl methyl sites for hydroxylation is 1. The molecule has 0 spiro atoms. The number of carbonyl (C=O) groups is 1. The van der Waals surface area contributed by atoms with Crippen molar-refractivity contribution in [3.63, 3.8) is 0 Å². The summed E-state index contributed by atoms with van der Waals surface area (Å²) in [5, 5.41) is 12.9. The molecule has 6 nitrogen and oxygen atoms in total. The molecule has 166 valence electrons. The van der Waals surface area contributed by atoms with Crippen molar-refractivity contribution >= 4 is 39.7 Å². The maximum atomic E-state index is 12.8. The number of nitrogens with zero attached hydrogens (tertiary/aromatic N) is 4. The number of amides is 1. The number of azo groups is 1. The Morgan fingerprint density at radius 3 is 2.39 bits per heavy atom. The summed E-state index contributed by atoms with van der Waals surface area (Å²) >= 11 is 0. The van der Waals surface area contributed by atoms with E-state index in [-0.39, 0.29) is 5.91 Å². The van der Waals surface area contributed by atoms with Crippen molar-refractivity contribution in [2.24, 2.45) is 10.2 Å². The number of pyridine rings is 1. The predicted molar refractivity (Wildman–Crippen MR) is 135 cm³/mol. The summed E-state index contributed by atoms with van der Waals surface area (Å²) < 4.78 is 0. The van der Waals surface area contributed by atoms with Gasteiger partial charge in [0.05, 0.1) is 11.2 Å². The van der Waals surface area contributed by atoms with E-state index < -0.39 is 0 Å². The molecule has 0 saturated heterocycles. The lowest BCUT2D eigenvalue weighted by Crippen LogP contribution is -2.22. The Hall–Kier alpha value is -4.06. The van der Waals surface area contributed by atoms with Gasteiger partial charge in [-0.3, -0.25) is 4.79 Å². The molecule has 0 aliphatic rings. The van der Waals surface area contributed by atoms with Gasteiger partial charge in [0.25, 0.3) is 5.91 Å². The molecule has 3 aromatic carbocycles. The van der Waals surface area contributed by atoms with E-state index in [1.165, 1.54) is 0 Å². The minimum absolute atomic E-state index is 0.191. The van der Waals surface area contributed by atoms with Crippen LogP contribution in [0, 0.1) is 6.92 Å². The number of carbonyl (C=O) groups excluding carboxylic acids is 1. The molecule has 0 aliphatic heterocycles. The molecule has 0 fully saturated rings. The number of para-hydroxylation sites is 1. The number of hydrogen-bond donors (Lipinski definition) is 1. The quantitative estimate of drug-likeness (QED) is 0.315. The average Bonchev–Trinajstić information content (AvgIpc) is 2.85. The Morgan fingerprint density at radius 2 is 1.64 bits per heavy atom. The predicted octanol–water partition coefficient (Wildman–Crippen LogP) is 7.06. The van der Waals surface area contributed by atoms with Gasteiger partial charge in [-0.05, 0) is 68.8 Å². The number of nitrogens with one attached hydrogen (secondary N) is 1. The molecule has 1 N–H and O–H groups in total. The van der Waals surface area contributed by atoms with E-state index in [0.717, 1.165) is 35.2 Å². The fourth-order valence-corrected chi connectivity index (χ4v) is 3.77. The Labute approximate surface area is 194 Å². The molecule has 0 atom stereocenters. The molecule has 0 aliphatic carbocycles. The molecular weight excluding hydrogens is 410 g/mol. The normalized spacial score (nSPS) is 11.1. The zero-order chi connectivity index (χ0) is 23.2. The van der Waals surface area contributed by atoms with E-state index in [2.05, 4.69) is 39.3 Å². The third-order valence-corrected chi connectivity index (χ3v) is 5.56. The summed E-state index contributed by atoms with van der Waals surface area (Å²) in [4.78, 5) is 19.7. The van der Waals surface area contributed by atoms with Crippen molar-refractivity contribution in [1.82, 2.24) is 4.98 Å². The molecule has 33 heavy (non-hydrogen) atoms. The monoisotopic (exact) mass is 437 g/mol. The fourth-order valence-electron chi connectivity index (χ4n) is 3.77. The van der Waals surface area contributed by atoms with E-state index in [9.17, 15) is 4.79 Å². The van der Waals surface area contributed by atoms with Gasteiger partial charge in [-0.2, -0.15) is 0 Å². The van der Waals surface area contributed by atoms with Gasteiger partial charge in [0.15, 0.2) is 5.82 Å². The molecule has 1 amide bonds. The van der Waals surface area contributed by atoms with Crippen LogP contribution in [0.25, 0.3) is 10.9 Å². The molecule has 0 radical (unpaired) electrons. The minimum Gasteiger partial charge on any atom is -0.372 e. The van der Waals surface area contributed by atoms with E-state index >= 15 is 0 Å². The Kier molecular flexibility index (Phi) is 6.74. The Morgan fingerprint density at radius 1 is 0.909 bits per heavy atom. The zero-order valence-electron chi connectivity index (χ0n) is 19.1. The largest absolute Gasteiger partial charge is 0.372 e. The van der Waals surface area contributed by atoms with Crippen LogP contribution in [0.4, 0.5) is 22.9 Å². The highest BCUT2D eigenvalue weighted by Crippen LogP contribution is 2.32. The molecular formula is C27H27N5O. The number of hydrogen-bond acceptors (Lipinski definition) is 5. The van der Waals surface area contributed by atoms with E-state index in [1.54, 1.807) is 12.1 Å². The van der Waals surface area contributed by atoms with Crippen LogP contribution >= 0.6 is 0 Å². The number of anilines is 2. The van der Waals surface area contributed by atoms with Gasteiger partial charge in [0.1, 0.15) is 5.69 Å². The van der Waals surface area contributed by atoms with Crippen LogP contribution in [0.2, 0.25) is 0 Å². The fraction of sp³-hybridized carbons (Fsp3) is 0.185. The summed E-state index contributed by atoms with van der Waals surface area (Å²) in [6.07, 6.45) is 0. The molecule has 4 rings (SSSR count). The molecule has 4 aromatic rings. The highest BCUT2D eigenvalue weighted by molar-refractivity contribution is 6.06. The summed E-state index contributed by atoms with van der Waals surface area (Å²) in [5.41, 5.74) is 4.74. The van der Waals surface area contributed by atoms with Crippen LogP contribution in [0.1, 0.15) is 29.8 Å². The molecule has 6 heteroatoms. The van der Waals surface area contributed by atoms with Crippen molar-refractivity contribution in [3.8, 4) is 0 Å². The smallest absolute Gasteiger partial charge is 0.255 e. The maximum absolute atomic E-state index is 12.8. The van der Waals surface area contributed by atoms with Gasteiger partial charge in [0.2, 0.25) is 0 Å². The SMILES string of the molecule is CCN(CC)c1ccc(N=Nc2cc(C)c3ccccc3n2)c(NC(=O)c2ccccc2)c1. The van der Waals surface area contributed by atoms with Gasteiger partial charge >= 0.3 is 0 Å². The second-order valence-electron chi connectivity index (χ2n) is 7.71. The molecule has 1 heterocycles. The third-order valence-electron chi connectivity index (χ3n) is 5.56. The molecule has 0 bridgehead atoms. The lowest BCUT2D eigenvalue weighted by atomic mass is 10.1. The zero-order valence-corrected chi connectivity index (χ0v) is 19.1. The van der Waals surface area contributed by atoms with Crippen molar-refractivity contribution in [2.75, 3.05) is 23.3 Å². The molecule has 0 saturated carbocycles. The van der Waals surface area contributed by atoms with Crippen molar-refractivity contribution in [1.29, 1.82) is 0 Å². The highest BCUT2D eigenvalue weighted by Gasteiger charge is 2.12. The molecule has 0 unspecified atom stereocenters. The van der Waals surface area contributed by atoms with Crippen molar-refractivity contribution < 1.29 is 4.79 Å². The summed E-state index contributed by atoms with van der Waals surface area (Å²) in [5.74, 6) is 0.336. The van der Waals surface area contributed by atoms with Crippen LogP contribution in [0.5, 0.6) is 0 Å². The number of fused-ring (bicyclic) bond motifs is 1.